The van der Waals surface area contributed by atoms with Crippen molar-refractivity contribution >= 4 is 6.29 Å². The van der Waals surface area contributed by atoms with Gasteiger partial charge in [-0.25, -0.2) is 0 Å². The minimum atomic E-state index is -0.215. The maximum atomic E-state index is 10.8. The third-order valence-corrected chi connectivity index (χ3v) is 4.92. The molecular formula is C17H32O2. The summed E-state index contributed by atoms with van der Waals surface area (Å²) in [6.45, 7) is 13.3. The molecule has 19 heavy (non-hydrogen) atoms. The normalized spacial score (nSPS) is 33.2. The van der Waals surface area contributed by atoms with Gasteiger partial charge in [0.1, 0.15) is 6.29 Å². The average molecular weight is 268 g/mol. The highest BCUT2D eigenvalue weighted by Gasteiger charge is 2.45. The summed E-state index contributed by atoms with van der Waals surface area (Å²) in [6, 6.07) is 0. The van der Waals surface area contributed by atoms with E-state index < -0.39 is 0 Å². The monoisotopic (exact) mass is 268 g/mol. The Balaban J connectivity index is 2.91. The number of aldehydes is 1. The molecule has 0 aromatic rings. The molecule has 1 aliphatic rings. The molecule has 0 spiro atoms. The topological polar surface area (TPSA) is 37.3 Å². The second kappa shape index (κ2) is 5.95. The molecule has 1 N–H and O–H groups in total. The van der Waals surface area contributed by atoms with E-state index in [1.807, 2.05) is 0 Å². The van der Waals surface area contributed by atoms with Crippen LogP contribution in [0.25, 0.3) is 0 Å². The number of hydrogen-bond acceptors (Lipinski definition) is 2. The fraction of sp³-hybridized carbons (Fsp3) is 0.941. The molecule has 0 bridgehead atoms. The third-order valence-electron chi connectivity index (χ3n) is 4.92. The van der Waals surface area contributed by atoms with Crippen LogP contribution in [-0.4, -0.2) is 17.5 Å². The molecule has 1 rings (SSSR count). The molecule has 0 saturated heterocycles. The van der Waals surface area contributed by atoms with Crippen LogP contribution >= 0.6 is 0 Å². The van der Waals surface area contributed by atoms with Gasteiger partial charge < -0.3 is 9.90 Å². The summed E-state index contributed by atoms with van der Waals surface area (Å²) in [5.74, 6) is 1.26. The molecule has 2 atom stereocenters. The third kappa shape index (κ3) is 4.30. The minimum Gasteiger partial charge on any atom is -0.393 e. The smallest absolute Gasteiger partial charge is 0.120 e. The zero-order valence-corrected chi connectivity index (χ0v) is 13.6. The molecule has 0 aromatic heterocycles. The van der Waals surface area contributed by atoms with Crippen molar-refractivity contribution in [3.8, 4) is 0 Å². The standard InChI is InChI=1S/C17H32O2/c1-16(2,3)13-10-12(8-7-9-18)11-14(15(13)19)17(4,5)6/h9,12-15,19H,7-8,10-11H2,1-6H3. The molecule has 0 aliphatic heterocycles. The van der Waals surface area contributed by atoms with E-state index in [0.29, 0.717) is 24.2 Å². The van der Waals surface area contributed by atoms with Crippen molar-refractivity contribution in [1.82, 2.24) is 0 Å². The van der Waals surface area contributed by atoms with Crippen molar-refractivity contribution in [2.75, 3.05) is 0 Å². The summed E-state index contributed by atoms with van der Waals surface area (Å²) in [5.41, 5.74) is 0.255. The van der Waals surface area contributed by atoms with Crippen LogP contribution in [0.5, 0.6) is 0 Å². The predicted octanol–water partition coefficient (Wildman–Crippen LogP) is 4.06. The molecule has 1 aliphatic carbocycles. The fourth-order valence-corrected chi connectivity index (χ4v) is 3.64. The first kappa shape index (κ1) is 16.7. The molecule has 2 heteroatoms. The van der Waals surface area contributed by atoms with Crippen molar-refractivity contribution in [3.63, 3.8) is 0 Å². The Morgan fingerprint density at radius 2 is 1.42 bits per heavy atom. The Kier molecular flexibility index (Phi) is 5.22. The van der Waals surface area contributed by atoms with Gasteiger partial charge in [-0.2, -0.15) is 0 Å². The van der Waals surface area contributed by atoms with Crippen LogP contribution in [0, 0.1) is 28.6 Å². The SMILES string of the molecule is CC(C)(C)C1CC(CCC=O)CC(C(C)(C)C)C1O. The van der Waals surface area contributed by atoms with Gasteiger partial charge in [-0.1, -0.05) is 41.5 Å². The van der Waals surface area contributed by atoms with Crippen LogP contribution in [-0.2, 0) is 4.79 Å². The lowest BCUT2D eigenvalue weighted by molar-refractivity contribution is -0.109. The lowest BCUT2D eigenvalue weighted by Crippen LogP contribution is -2.47. The zero-order chi connectivity index (χ0) is 14.8. The molecule has 1 saturated carbocycles. The molecule has 0 aromatic carbocycles. The maximum absolute atomic E-state index is 10.8. The van der Waals surface area contributed by atoms with Crippen molar-refractivity contribution in [3.05, 3.63) is 0 Å². The second-order valence-electron chi connectivity index (χ2n) is 8.52. The quantitative estimate of drug-likeness (QED) is 0.784. The van der Waals surface area contributed by atoms with Crippen molar-refractivity contribution in [1.29, 1.82) is 0 Å². The van der Waals surface area contributed by atoms with Gasteiger partial charge in [0.25, 0.3) is 0 Å². The van der Waals surface area contributed by atoms with Crippen LogP contribution in [0.15, 0.2) is 0 Å². The lowest BCUT2D eigenvalue weighted by Gasteiger charge is -2.49. The van der Waals surface area contributed by atoms with Crippen LogP contribution in [0.3, 0.4) is 0 Å². The van der Waals surface area contributed by atoms with E-state index in [2.05, 4.69) is 41.5 Å². The molecule has 0 radical (unpaired) electrons. The Morgan fingerprint density at radius 3 is 1.74 bits per heavy atom. The Bertz CT molecular complexity index is 271. The summed E-state index contributed by atoms with van der Waals surface area (Å²) in [6.07, 6.45) is 4.58. The molecule has 2 unspecified atom stereocenters. The number of carbonyl (C=O) groups is 1. The highest BCUT2D eigenvalue weighted by Crippen LogP contribution is 2.49. The lowest BCUT2D eigenvalue weighted by atomic mass is 9.58. The molecule has 112 valence electrons. The van der Waals surface area contributed by atoms with Gasteiger partial charge in [0.15, 0.2) is 0 Å². The highest BCUT2D eigenvalue weighted by molar-refractivity contribution is 5.49. The zero-order valence-electron chi connectivity index (χ0n) is 13.6. The van der Waals surface area contributed by atoms with E-state index in [1.54, 1.807) is 0 Å². The molecule has 0 amide bonds. The van der Waals surface area contributed by atoms with Crippen molar-refractivity contribution < 1.29 is 9.90 Å². The van der Waals surface area contributed by atoms with Crippen LogP contribution in [0.2, 0.25) is 0 Å². The summed E-state index contributed by atoms with van der Waals surface area (Å²) in [7, 11) is 0. The Morgan fingerprint density at radius 1 is 1.00 bits per heavy atom. The van der Waals surface area contributed by atoms with E-state index in [-0.39, 0.29) is 16.9 Å². The number of hydrogen-bond donors (Lipinski definition) is 1. The van der Waals surface area contributed by atoms with Crippen LogP contribution in [0.1, 0.15) is 67.2 Å². The predicted molar refractivity (Wildman–Crippen MR) is 79.9 cm³/mol. The van der Waals surface area contributed by atoms with Crippen molar-refractivity contribution in [2.24, 2.45) is 28.6 Å². The van der Waals surface area contributed by atoms with Gasteiger partial charge >= 0.3 is 0 Å². The number of rotatable bonds is 3. The minimum absolute atomic E-state index is 0.128. The van der Waals surface area contributed by atoms with Crippen LogP contribution < -0.4 is 0 Å². The van der Waals surface area contributed by atoms with E-state index in [9.17, 15) is 9.90 Å². The molecule has 1 fully saturated rings. The first-order valence-corrected chi connectivity index (χ1v) is 7.69. The van der Waals surface area contributed by atoms with Crippen LogP contribution in [0.4, 0.5) is 0 Å². The fourth-order valence-electron chi connectivity index (χ4n) is 3.64. The van der Waals surface area contributed by atoms with E-state index in [1.165, 1.54) is 0 Å². The van der Waals surface area contributed by atoms with Gasteiger partial charge in [-0.05, 0) is 47.8 Å². The highest BCUT2D eigenvalue weighted by atomic mass is 16.3. The number of aliphatic hydroxyl groups excluding tert-OH is 1. The Hall–Kier alpha value is -0.370. The van der Waals surface area contributed by atoms with Crippen molar-refractivity contribution in [2.45, 2.75) is 73.3 Å². The van der Waals surface area contributed by atoms with E-state index >= 15 is 0 Å². The van der Waals surface area contributed by atoms with E-state index in [4.69, 9.17) is 0 Å². The van der Waals surface area contributed by atoms with Gasteiger partial charge in [0.05, 0.1) is 6.10 Å². The summed E-state index contributed by atoms with van der Waals surface area (Å²) < 4.78 is 0. The van der Waals surface area contributed by atoms with Gasteiger partial charge in [0.2, 0.25) is 0 Å². The Labute approximate surface area is 119 Å². The number of carbonyl (C=O) groups excluding carboxylic acids is 1. The molecular weight excluding hydrogens is 236 g/mol. The average Bonchev–Trinajstić information content (AvgIpc) is 2.24. The molecule has 0 heterocycles. The summed E-state index contributed by atoms with van der Waals surface area (Å²) in [4.78, 5) is 10.6. The first-order chi connectivity index (χ1) is 8.57. The summed E-state index contributed by atoms with van der Waals surface area (Å²) >= 11 is 0. The van der Waals surface area contributed by atoms with E-state index in [0.717, 1.165) is 25.5 Å². The molecule has 2 nitrogen and oxygen atoms in total. The second-order valence-corrected chi connectivity index (χ2v) is 8.52. The first-order valence-electron chi connectivity index (χ1n) is 7.69. The number of aliphatic hydroxyl groups is 1. The van der Waals surface area contributed by atoms with Gasteiger partial charge in [-0.3, -0.25) is 0 Å². The summed E-state index contributed by atoms with van der Waals surface area (Å²) in [5, 5.41) is 10.8. The maximum Gasteiger partial charge on any atom is 0.120 e. The van der Waals surface area contributed by atoms with Gasteiger partial charge in [0, 0.05) is 6.42 Å². The largest absolute Gasteiger partial charge is 0.393 e. The van der Waals surface area contributed by atoms with Gasteiger partial charge in [-0.15, -0.1) is 0 Å².